The molecule has 1 aromatic carbocycles. The first-order chi connectivity index (χ1) is 9.74. The zero-order chi connectivity index (χ0) is 14.4. The van der Waals surface area contributed by atoms with Crippen molar-refractivity contribution in [3.8, 4) is 0 Å². The number of carbonyl (C=O) groups is 1. The molecular weight excluding hydrogens is 252 g/mol. The Hall–Kier alpha value is -1.55. The molecule has 0 aromatic heterocycles. The van der Waals surface area contributed by atoms with Gasteiger partial charge in [0.2, 0.25) is 0 Å². The van der Waals surface area contributed by atoms with Crippen molar-refractivity contribution in [3.63, 3.8) is 0 Å². The Balaban J connectivity index is 1.89. The second-order valence-electron chi connectivity index (χ2n) is 5.38. The molecule has 0 heterocycles. The molecule has 2 amide bonds. The monoisotopic (exact) mass is 276 g/mol. The number of rotatable bonds is 7. The highest BCUT2D eigenvalue weighted by atomic mass is 16.3. The summed E-state index contributed by atoms with van der Waals surface area (Å²) in [5, 5.41) is 11.9. The van der Waals surface area contributed by atoms with Gasteiger partial charge in [0, 0.05) is 18.3 Å². The highest BCUT2D eigenvalue weighted by molar-refractivity contribution is 5.89. The first-order valence-electron chi connectivity index (χ1n) is 7.52. The predicted molar refractivity (Wildman–Crippen MR) is 80.9 cm³/mol. The highest BCUT2D eigenvalue weighted by Gasteiger charge is 2.32. The van der Waals surface area contributed by atoms with Gasteiger partial charge >= 0.3 is 6.03 Å². The molecule has 2 rings (SSSR count). The summed E-state index contributed by atoms with van der Waals surface area (Å²) in [6.07, 6.45) is 5.56. The summed E-state index contributed by atoms with van der Waals surface area (Å²) in [5.74, 6) is 0. The van der Waals surface area contributed by atoms with Crippen LogP contribution in [-0.4, -0.2) is 35.2 Å². The Morgan fingerprint density at radius 2 is 2.05 bits per heavy atom. The molecule has 1 saturated carbocycles. The van der Waals surface area contributed by atoms with Gasteiger partial charge in [-0.3, -0.25) is 0 Å². The predicted octanol–water partition coefficient (Wildman–Crippen LogP) is 3.02. The minimum Gasteiger partial charge on any atom is -0.395 e. The number of aliphatic hydroxyl groups is 1. The van der Waals surface area contributed by atoms with Crippen LogP contribution < -0.4 is 5.32 Å². The van der Waals surface area contributed by atoms with Gasteiger partial charge in [-0.25, -0.2) is 4.79 Å². The van der Waals surface area contributed by atoms with Crippen LogP contribution in [0.5, 0.6) is 0 Å². The van der Waals surface area contributed by atoms with Crippen molar-refractivity contribution >= 4 is 11.7 Å². The van der Waals surface area contributed by atoms with Crippen LogP contribution in [0.1, 0.15) is 38.2 Å². The standard InChI is InChI=1S/C16H24N2O2/c1-2-3-4-13-5-7-14(8-6-13)17-16(20)18(11-12-19)15-9-10-15/h5-8,15,19H,2-4,9-12H2,1H3,(H,17,20). The number of anilines is 1. The number of nitrogens with zero attached hydrogens (tertiary/aromatic N) is 1. The number of urea groups is 1. The molecule has 0 bridgehead atoms. The molecule has 1 fully saturated rings. The number of aliphatic hydroxyl groups excluding tert-OH is 1. The molecule has 0 unspecified atom stereocenters. The number of hydrogen-bond acceptors (Lipinski definition) is 2. The minimum absolute atomic E-state index is 0.0138. The van der Waals surface area contributed by atoms with Gasteiger partial charge in [-0.15, -0.1) is 0 Å². The molecule has 1 aliphatic rings. The second kappa shape index (κ2) is 7.29. The molecule has 0 atom stereocenters. The fraction of sp³-hybridized carbons (Fsp3) is 0.562. The van der Waals surface area contributed by atoms with Crippen LogP contribution >= 0.6 is 0 Å². The number of hydrogen-bond donors (Lipinski definition) is 2. The third-order valence-electron chi connectivity index (χ3n) is 3.61. The molecule has 20 heavy (non-hydrogen) atoms. The first kappa shape index (κ1) is 14.9. The van der Waals surface area contributed by atoms with E-state index in [-0.39, 0.29) is 12.6 Å². The number of benzene rings is 1. The molecule has 1 aliphatic carbocycles. The largest absolute Gasteiger partial charge is 0.395 e. The van der Waals surface area contributed by atoms with E-state index in [9.17, 15) is 4.79 Å². The summed E-state index contributed by atoms with van der Waals surface area (Å²) < 4.78 is 0. The van der Waals surface area contributed by atoms with Gasteiger partial charge in [-0.05, 0) is 43.4 Å². The van der Waals surface area contributed by atoms with Gasteiger partial charge in [-0.1, -0.05) is 25.5 Å². The quantitative estimate of drug-likeness (QED) is 0.804. The Kier molecular flexibility index (Phi) is 5.41. The van der Waals surface area contributed by atoms with Gasteiger partial charge < -0.3 is 15.3 Å². The highest BCUT2D eigenvalue weighted by Crippen LogP contribution is 2.27. The van der Waals surface area contributed by atoms with E-state index in [0.29, 0.717) is 12.6 Å². The number of carbonyl (C=O) groups excluding carboxylic acids is 1. The summed E-state index contributed by atoms with van der Waals surface area (Å²) in [6.45, 7) is 2.60. The SMILES string of the molecule is CCCCc1ccc(NC(=O)N(CCO)C2CC2)cc1. The lowest BCUT2D eigenvalue weighted by Crippen LogP contribution is -2.38. The third kappa shape index (κ3) is 4.23. The molecular formula is C16H24N2O2. The van der Waals surface area contributed by atoms with Crippen LogP contribution in [0.3, 0.4) is 0 Å². The van der Waals surface area contributed by atoms with Gasteiger partial charge in [0.1, 0.15) is 0 Å². The molecule has 2 N–H and O–H groups in total. The second-order valence-corrected chi connectivity index (χ2v) is 5.38. The fourth-order valence-corrected chi connectivity index (χ4v) is 2.27. The zero-order valence-corrected chi connectivity index (χ0v) is 12.1. The van der Waals surface area contributed by atoms with Gasteiger partial charge in [0.25, 0.3) is 0 Å². The summed E-state index contributed by atoms with van der Waals surface area (Å²) in [6, 6.07) is 8.24. The van der Waals surface area contributed by atoms with E-state index in [4.69, 9.17) is 5.11 Å². The third-order valence-corrected chi connectivity index (χ3v) is 3.61. The summed E-state index contributed by atoms with van der Waals surface area (Å²) in [4.78, 5) is 13.9. The number of unbranched alkanes of at least 4 members (excludes halogenated alkanes) is 1. The molecule has 0 saturated heterocycles. The van der Waals surface area contributed by atoms with Crippen LogP contribution in [-0.2, 0) is 6.42 Å². The molecule has 110 valence electrons. The average Bonchev–Trinajstić information content (AvgIpc) is 3.28. The zero-order valence-electron chi connectivity index (χ0n) is 12.1. The molecule has 0 radical (unpaired) electrons. The maximum absolute atomic E-state index is 12.1. The van der Waals surface area contributed by atoms with Crippen LogP contribution in [0.4, 0.5) is 10.5 Å². The summed E-state index contributed by atoms with van der Waals surface area (Å²) in [7, 11) is 0. The lowest BCUT2D eigenvalue weighted by atomic mass is 10.1. The van der Waals surface area contributed by atoms with E-state index in [1.165, 1.54) is 18.4 Å². The Morgan fingerprint density at radius 1 is 1.35 bits per heavy atom. The molecule has 0 aliphatic heterocycles. The first-order valence-corrected chi connectivity index (χ1v) is 7.52. The number of nitrogens with one attached hydrogen (secondary N) is 1. The van der Waals surface area contributed by atoms with Crippen molar-refractivity contribution in [1.29, 1.82) is 0 Å². The summed E-state index contributed by atoms with van der Waals surface area (Å²) in [5.41, 5.74) is 2.12. The normalized spacial score (nSPS) is 14.1. The lowest BCUT2D eigenvalue weighted by Gasteiger charge is -2.21. The lowest BCUT2D eigenvalue weighted by molar-refractivity contribution is 0.185. The fourth-order valence-electron chi connectivity index (χ4n) is 2.27. The van der Waals surface area contributed by atoms with Gasteiger partial charge in [-0.2, -0.15) is 0 Å². The van der Waals surface area contributed by atoms with E-state index >= 15 is 0 Å². The molecule has 1 aromatic rings. The maximum atomic E-state index is 12.1. The van der Waals surface area contributed by atoms with Gasteiger partial charge in [0.15, 0.2) is 0 Å². The van der Waals surface area contributed by atoms with Crippen molar-refractivity contribution in [3.05, 3.63) is 29.8 Å². The van der Waals surface area contributed by atoms with Crippen molar-refractivity contribution in [1.82, 2.24) is 4.90 Å². The van der Waals surface area contributed by atoms with Crippen LogP contribution in [0.2, 0.25) is 0 Å². The summed E-state index contributed by atoms with van der Waals surface area (Å²) >= 11 is 0. The van der Waals surface area contributed by atoms with E-state index < -0.39 is 0 Å². The Morgan fingerprint density at radius 3 is 2.60 bits per heavy atom. The average molecular weight is 276 g/mol. The smallest absolute Gasteiger partial charge is 0.322 e. The Labute approximate surface area is 120 Å². The Bertz CT molecular complexity index is 427. The topological polar surface area (TPSA) is 52.6 Å². The molecule has 4 heteroatoms. The van der Waals surface area contributed by atoms with E-state index in [1.807, 2.05) is 12.1 Å². The van der Waals surface area contributed by atoms with Crippen molar-refractivity contribution < 1.29 is 9.90 Å². The van der Waals surface area contributed by atoms with Crippen molar-refractivity contribution in [2.24, 2.45) is 0 Å². The van der Waals surface area contributed by atoms with E-state index in [1.54, 1.807) is 4.90 Å². The number of amides is 2. The molecule has 0 spiro atoms. The van der Waals surface area contributed by atoms with Crippen molar-refractivity contribution in [2.75, 3.05) is 18.5 Å². The molecule has 4 nitrogen and oxygen atoms in total. The van der Waals surface area contributed by atoms with Crippen molar-refractivity contribution in [2.45, 2.75) is 45.1 Å². The minimum atomic E-state index is -0.108. The van der Waals surface area contributed by atoms with E-state index in [2.05, 4.69) is 24.4 Å². The number of aryl methyl sites for hydroxylation is 1. The van der Waals surface area contributed by atoms with Crippen LogP contribution in [0.25, 0.3) is 0 Å². The van der Waals surface area contributed by atoms with Crippen LogP contribution in [0.15, 0.2) is 24.3 Å². The van der Waals surface area contributed by atoms with E-state index in [0.717, 1.165) is 24.9 Å². The maximum Gasteiger partial charge on any atom is 0.322 e. The van der Waals surface area contributed by atoms with Gasteiger partial charge in [0.05, 0.1) is 6.61 Å². The van der Waals surface area contributed by atoms with Crippen LogP contribution in [0, 0.1) is 0 Å².